The van der Waals surface area contributed by atoms with Gasteiger partial charge in [-0.3, -0.25) is 4.68 Å². The fourth-order valence-electron chi connectivity index (χ4n) is 5.18. The van der Waals surface area contributed by atoms with Crippen molar-refractivity contribution in [3.8, 4) is 11.4 Å². The molecule has 11 heteroatoms. The van der Waals surface area contributed by atoms with Gasteiger partial charge in [-0.2, -0.15) is 5.10 Å². The predicted molar refractivity (Wildman–Crippen MR) is 130 cm³/mol. The maximum absolute atomic E-state index is 12.9. The first-order valence-electron chi connectivity index (χ1n) is 12.5. The number of piperidine rings is 1. The molecule has 5 rings (SSSR count). The molecule has 0 unspecified atom stereocenters. The van der Waals surface area contributed by atoms with Gasteiger partial charge in [0.15, 0.2) is 5.69 Å². The Balaban J connectivity index is 1.25. The number of likely N-dealkylation sites (tertiary alicyclic amines) is 1. The number of carbonyl (C=O) groups is 2. The van der Waals surface area contributed by atoms with Gasteiger partial charge in [0.1, 0.15) is 0 Å². The molecule has 2 aliphatic heterocycles. The van der Waals surface area contributed by atoms with E-state index in [4.69, 9.17) is 9.72 Å². The van der Waals surface area contributed by atoms with Crippen LogP contribution >= 0.6 is 0 Å². The van der Waals surface area contributed by atoms with Gasteiger partial charge >= 0.3 is 12.0 Å². The molecule has 2 aromatic rings. The Labute approximate surface area is 205 Å². The summed E-state index contributed by atoms with van der Waals surface area (Å²) in [6, 6.07) is 0.358. The molecule has 2 fully saturated rings. The number of hydrogen-bond acceptors (Lipinski definition) is 8. The molecule has 0 aromatic carbocycles. The molecule has 0 bridgehead atoms. The lowest BCUT2D eigenvalue weighted by atomic mass is 9.93. The summed E-state index contributed by atoms with van der Waals surface area (Å²) in [7, 11) is 3.93. The van der Waals surface area contributed by atoms with Gasteiger partial charge in [0.25, 0.3) is 0 Å². The molecular weight excluding hydrogens is 448 g/mol. The van der Waals surface area contributed by atoms with E-state index >= 15 is 0 Å². The van der Waals surface area contributed by atoms with Gasteiger partial charge in [-0.25, -0.2) is 19.6 Å². The smallest absolute Gasteiger partial charge is 0.359 e. The number of hydrogen-bond donors (Lipinski definition) is 1. The minimum absolute atomic E-state index is 0.155. The Hall–Kier alpha value is -3.21. The fourth-order valence-corrected chi connectivity index (χ4v) is 5.18. The van der Waals surface area contributed by atoms with Gasteiger partial charge in [-0.1, -0.05) is 0 Å². The quantitative estimate of drug-likeness (QED) is 0.652. The van der Waals surface area contributed by atoms with Crippen LogP contribution in [0.5, 0.6) is 0 Å². The molecule has 2 aromatic heterocycles. The van der Waals surface area contributed by atoms with Crippen LogP contribution in [-0.2, 0) is 24.6 Å². The first-order chi connectivity index (χ1) is 16.9. The average Bonchev–Trinajstić information content (AvgIpc) is 3.22. The number of esters is 1. The number of aryl methyl sites for hydroxylation is 2. The lowest BCUT2D eigenvalue weighted by Gasteiger charge is -2.39. The Morgan fingerprint density at radius 1 is 1.06 bits per heavy atom. The predicted octanol–water partition coefficient (Wildman–Crippen LogP) is 1.40. The number of rotatable bonds is 4. The SMILES string of the molecule is CCOC(=O)c1nn(C)c2c1CCc1cnc(NC3CCN(C(=O)N4CCN(C)CC4)CC3)nc1-2. The zero-order valence-corrected chi connectivity index (χ0v) is 20.8. The summed E-state index contributed by atoms with van der Waals surface area (Å²) in [4.78, 5) is 40.8. The van der Waals surface area contributed by atoms with Crippen LogP contribution in [0.3, 0.4) is 0 Å². The van der Waals surface area contributed by atoms with Crippen LogP contribution in [0.1, 0.15) is 41.4 Å². The van der Waals surface area contributed by atoms with Gasteiger partial charge in [-0.05, 0) is 45.2 Å². The molecule has 11 nitrogen and oxygen atoms in total. The van der Waals surface area contributed by atoms with Crippen LogP contribution in [0.2, 0.25) is 0 Å². The second-order valence-corrected chi connectivity index (χ2v) is 9.57. The largest absolute Gasteiger partial charge is 0.461 e. The van der Waals surface area contributed by atoms with Crippen LogP contribution in [0, 0.1) is 0 Å². The highest BCUT2D eigenvalue weighted by Gasteiger charge is 2.31. The van der Waals surface area contributed by atoms with Crippen LogP contribution in [-0.4, -0.2) is 105 Å². The van der Waals surface area contributed by atoms with Crippen LogP contribution in [0.25, 0.3) is 11.4 Å². The molecule has 1 aliphatic carbocycles. The molecule has 0 atom stereocenters. The normalized spacial score (nSPS) is 18.7. The number of urea groups is 1. The van der Waals surface area contributed by atoms with Crippen molar-refractivity contribution >= 4 is 17.9 Å². The first kappa shape index (κ1) is 23.5. The molecule has 0 spiro atoms. The zero-order valence-electron chi connectivity index (χ0n) is 20.8. The van der Waals surface area contributed by atoms with Gasteiger partial charge in [0.2, 0.25) is 5.95 Å². The van der Waals surface area contributed by atoms with E-state index in [1.807, 2.05) is 23.0 Å². The van der Waals surface area contributed by atoms with Gasteiger partial charge in [0, 0.05) is 64.1 Å². The average molecular weight is 483 g/mol. The van der Waals surface area contributed by atoms with E-state index in [-0.39, 0.29) is 12.1 Å². The second-order valence-electron chi connectivity index (χ2n) is 9.57. The molecule has 2 amide bonds. The molecule has 2 saturated heterocycles. The summed E-state index contributed by atoms with van der Waals surface area (Å²) < 4.78 is 6.92. The number of anilines is 1. The van der Waals surface area contributed by atoms with Crippen molar-refractivity contribution in [3.05, 3.63) is 23.0 Å². The Morgan fingerprint density at radius 3 is 2.49 bits per heavy atom. The molecule has 3 aliphatic rings. The van der Waals surface area contributed by atoms with Crippen LogP contribution in [0.4, 0.5) is 10.7 Å². The van der Waals surface area contributed by atoms with Crippen molar-refractivity contribution in [2.24, 2.45) is 7.05 Å². The molecule has 0 saturated carbocycles. The van der Waals surface area contributed by atoms with Gasteiger partial charge < -0.3 is 24.8 Å². The minimum Gasteiger partial charge on any atom is -0.461 e. The number of carbonyl (C=O) groups excluding carboxylic acids is 2. The van der Waals surface area contributed by atoms with E-state index in [2.05, 4.69) is 27.3 Å². The molecule has 0 radical (unpaired) electrons. The highest BCUT2D eigenvalue weighted by molar-refractivity contribution is 5.91. The molecule has 4 heterocycles. The van der Waals surface area contributed by atoms with Crippen molar-refractivity contribution in [1.82, 2.24) is 34.4 Å². The summed E-state index contributed by atoms with van der Waals surface area (Å²) in [6.45, 7) is 7.01. The third-order valence-electron chi connectivity index (χ3n) is 7.22. The Bertz CT molecular complexity index is 1100. The molecule has 35 heavy (non-hydrogen) atoms. The van der Waals surface area contributed by atoms with Gasteiger partial charge in [0.05, 0.1) is 18.0 Å². The summed E-state index contributed by atoms with van der Waals surface area (Å²) in [5.41, 5.74) is 3.98. The molecule has 188 valence electrons. The number of aromatic nitrogens is 4. The van der Waals surface area contributed by atoms with E-state index in [0.29, 0.717) is 24.7 Å². The van der Waals surface area contributed by atoms with Crippen molar-refractivity contribution in [1.29, 1.82) is 0 Å². The zero-order chi connectivity index (χ0) is 24.5. The summed E-state index contributed by atoms with van der Waals surface area (Å²) in [5, 5.41) is 7.91. The minimum atomic E-state index is -0.391. The third-order valence-corrected chi connectivity index (χ3v) is 7.22. The number of amides is 2. The number of nitrogens with one attached hydrogen (secondary N) is 1. The maximum atomic E-state index is 12.9. The highest BCUT2D eigenvalue weighted by atomic mass is 16.5. The molecule has 1 N–H and O–H groups in total. The van der Waals surface area contributed by atoms with E-state index in [1.165, 1.54) is 0 Å². The number of nitrogens with zero attached hydrogens (tertiary/aromatic N) is 7. The lowest BCUT2D eigenvalue weighted by molar-refractivity contribution is 0.0517. The topological polar surface area (TPSA) is 109 Å². The van der Waals surface area contributed by atoms with Crippen LogP contribution < -0.4 is 5.32 Å². The third kappa shape index (κ3) is 4.69. The number of fused-ring (bicyclic) bond motifs is 3. The van der Waals surface area contributed by atoms with Crippen molar-refractivity contribution in [2.45, 2.75) is 38.6 Å². The van der Waals surface area contributed by atoms with E-state index in [1.54, 1.807) is 11.6 Å². The van der Waals surface area contributed by atoms with Crippen molar-refractivity contribution in [3.63, 3.8) is 0 Å². The van der Waals surface area contributed by atoms with E-state index in [9.17, 15) is 9.59 Å². The number of ether oxygens (including phenoxy) is 1. The van der Waals surface area contributed by atoms with Crippen molar-refractivity contribution < 1.29 is 14.3 Å². The highest BCUT2D eigenvalue weighted by Crippen LogP contribution is 2.34. The second kappa shape index (κ2) is 9.80. The van der Waals surface area contributed by atoms with E-state index < -0.39 is 5.97 Å². The fraction of sp³-hybridized carbons (Fsp3) is 0.625. The number of piperazine rings is 1. The monoisotopic (exact) mass is 482 g/mol. The Kier molecular flexibility index (Phi) is 6.59. The summed E-state index contributed by atoms with van der Waals surface area (Å²) in [6.07, 6.45) is 5.04. The van der Waals surface area contributed by atoms with Crippen LogP contribution in [0.15, 0.2) is 6.20 Å². The number of likely N-dealkylation sites (N-methyl/N-ethyl adjacent to an activating group) is 1. The summed E-state index contributed by atoms with van der Waals surface area (Å²) in [5.74, 6) is 0.178. The standard InChI is InChI=1S/C24H34N8O3/c1-4-35-22(33)20-18-6-5-16-15-25-23(27-19(16)21(18)30(3)28-20)26-17-7-9-31(10-8-17)24(34)32-13-11-29(2)12-14-32/h15,17H,4-14H2,1-3H3,(H,25,26,27). The molecular formula is C24H34N8O3. The summed E-state index contributed by atoms with van der Waals surface area (Å²) >= 11 is 0. The lowest BCUT2D eigenvalue weighted by Crippen LogP contribution is -2.54. The van der Waals surface area contributed by atoms with Crippen molar-refractivity contribution in [2.75, 3.05) is 58.2 Å². The van der Waals surface area contributed by atoms with E-state index in [0.717, 1.165) is 81.0 Å². The Morgan fingerprint density at radius 2 is 1.77 bits per heavy atom. The van der Waals surface area contributed by atoms with Gasteiger partial charge in [-0.15, -0.1) is 0 Å². The maximum Gasteiger partial charge on any atom is 0.359 e. The first-order valence-corrected chi connectivity index (χ1v) is 12.5.